The van der Waals surface area contributed by atoms with Crippen LogP contribution in [0.15, 0.2) is 4.47 Å². The van der Waals surface area contributed by atoms with Crippen LogP contribution in [0.25, 0.3) is 0 Å². The number of aliphatic carboxylic acids is 1. The molecule has 2 heterocycles. The molecule has 7 nitrogen and oxygen atoms in total. The molecule has 120 valence electrons. The summed E-state index contributed by atoms with van der Waals surface area (Å²) in [7, 11) is 1.47. The summed E-state index contributed by atoms with van der Waals surface area (Å²) in [5.41, 5.74) is 0.274. The lowest BCUT2D eigenvalue weighted by molar-refractivity contribution is -0.151. The number of nitrogens with zero attached hydrogens (tertiary/aromatic N) is 2. The number of ether oxygens (including phenoxy) is 1. The van der Waals surface area contributed by atoms with E-state index in [1.807, 2.05) is 0 Å². The molecule has 1 aromatic heterocycles. The third kappa shape index (κ3) is 2.54. The second-order valence-electron chi connectivity index (χ2n) is 6.07. The van der Waals surface area contributed by atoms with Crippen molar-refractivity contribution in [2.45, 2.75) is 25.2 Å². The van der Waals surface area contributed by atoms with Crippen LogP contribution in [0.1, 0.15) is 41.4 Å². The van der Waals surface area contributed by atoms with E-state index in [0.29, 0.717) is 29.1 Å². The van der Waals surface area contributed by atoms with Crippen LogP contribution in [0.3, 0.4) is 0 Å². The molecular formula is C14H18BrN3O4. The first-order chi connectivity index (χ1) is 10.5. The number of halogens is 1. The highest BCUT2D eigenvalue weighted by atomic mass is 79.9. The fourth-order valence-corrected chi connectivity index (χ4v) is 3.62. The number of carbonyl (C=O) groups excluding carboxylic acids is 1. The van der Waals surface area contributed by atoms with Crippen LogP contribution in [-0.4, -0.2) is 58.9 Å². The van der Waals surface area contributed by atoms with Crippen molar-refractivity contribution in [2.75, 3.05) is 26.8 Å². The number of nitrogens with one attached hydrogen (secondary N) is 1. The zero-order chi connectivity index (χ0) is 15.9. The van der Waals surface area contributed by atoms with Crippen molar-refractivity contribution >= 4 is 27.8 Å². The summed E-state index contributed by atoms with van der Waals surface area (Å²) < 4.78 is 5.75. The molecular weight excluding hydrogens is 354 g/mol. The van der Waals surface area contributed by atoms with E-state index >= 15 is 0 Å². The van der Waals surface area contributed by atoms with E-state index in [2.05, 4.69) is 26.1 Å². The van der Waals surface area contributed by atoms with Gasteiger partial charge in [0.25, 0.3) is 5.91 Å². The van der Waals surface area contributed by atoms with E-state index in [1.165, 1.54) is 7.11 Å². The Labute approximate surface area is 136 Å². The number of amides is 1. The quantitative estimate of drug-likeness (QED) is 0.819. The summed E-state index contributed by atoms with van der Waals surface area (Å²) in [4.78, 5) is 25.7. The van der Waals surface area contributed by atoms with E-state index in [4.69, 9.17) is 4.74 Å². The van der Waals surface area contributed by atoms with Gasteiger partial charge in [0, 0.05) is 26.1 Å². The lowest BCUT2D eigenvalue weighted by Crippen LogP contribution is -2.40. The molecule has 1 aliphatic carbocycles. The Balaban J connectivity index is 1.77. The topological polar surface area (TPSA) is 95.5 Å². The van der Waals surface area contributed by atoms with Gasteiger partial charge in [-0.3, -0.25) is 14.7 Å². The highest BCUT2D eigenvalue weighted by molar-refractivity contribution is 9.10. The maximum Gasteiger partial charge on any atom is 0.313 e. The predicted molar refractivity (Wildman–Crippen MR) is 80.7 cm³/mol. The van der Waals surface area contributed by atoms with Crippen LogP contribution >= 0.6 is 15.9 Å². The van der Waals surface area contributed by atoms with Crippen LogP contribution in [0.5, 0.6) is 0 Å². The summed E-state index contributed by atoms with van der Waals surface area (Å²) in [6, 6.07) is 0. The fraction of sp³-hybridized carbons (Fsp3) is 0.643. The van der Waals surface area contributed by atoms with Gasteiger partial charge in [0.05, 0.1) is 16.8 Å². The molecule has 0 bridgehead atoms. The number of carbonyl (C=O) groups is 2. The van der Waals surface area contributed by atoms with Crippen LogP contribution in [0, 0.1) is 5.41 Å². The third-order valence-corrected chi connectivity index (χ3v) is 5.24. The molecule has 8 heteroatoms. The maximum absolute atomic E-state index is 12.6. The lowest BCUT2D eigenvalue weighted by Gasteiger charge is -2.23. The highest BCUT2D eigenvalue weighted by Gasteiger charge is 2.47. The number of aromatic nitrogens is 2. The second kappa shape index (κ2) is 5.66. The molecule has 1 amide bonds. The van der Waals surface area contributed by atoms with Gasteiger partial charge in [-0.15, -0.1) is 0 Å². The van der Waals surface area contributed by atoms with E-state index in [-0.39, 0.29) is 19.1 Å². The molecule has 2 N–H and O–H groups in total. The number of carboxylic acid groups (broad SMARTS) is 1. The first kappa shape index (κ1) is 15.5. The number of H-pyrrole nitrogens is 1. The molecule has 1 atom stereocenters. The third-order valence-electron chi connectivity index (χ3n) is 4.44. The van der Waals surface area contributed by atoms with Crippen LogP contribution in [-0.2, 0) is 9.53 Å². The van der Waals surface area contributed by atoms with Crippen molar-refractivity contribution in [1.82, 2.24) is 15.1 Å². The molecule has 1 unspecified atom stereocenters. The molecule has 2 aliphatic rings. The highest BCUT2D eigenvalue weighted by Crippen LogP contribution is 2.43. The zero-order valence-electron chi connectivity index (χ0n) is 12.3. The number of hydrogen-bond donors (Lipinski definition) is 2. The molecule has 2 fully saturated rings. The Hall–Kier alpha value is -1.41. The van der Waals surface area contributed by atoms with E-state index in [1.54, 1.807) is 4.90 Å². The summed E-state index contributed by atoms with van der Waals surface area (Å²) in [5.74, 6) is -0.715. The summed E-state index contributed by atoms with van der Waals surface area (Å²) in [5, 5.41) is 16.5. The lowest BCUT2D eigenvalue weighted by atomic mass is 9.88. The van der Waals surface area contributed by atoms with Gasteiger partial charge < -0.3 is 14.7 Å². The smallest absolute Gasteiger partial charge is 0.313 e. The van der Waals surface area contributed by atoms with Gasteiger partial charge >= 0.3 is 5.97 Å². The van der Waals surface area contributed by atoms with Gasteiger partial charge in [0.2, 0.25) is 0 Å². The van der Waals surface area contributed by atoms with Gasteiger partial charge in [0.15, 0.2) is 5.69 Å². The number of likely N-dealkylation sites (tertiary alicyclic amines) is 1. The van der Waals surface area contributed by atoms with Crippen molar-refractivity contribution in [3.05, 3.63) is 15.9 Å². The number of carboxylic acids is 1. The number of rotatable bonds is 5. The van der Waals surface area contributed by atoms with Crippen molar-refractivity contribution in [3.8, 4) is 0 Å². The number of aromatic amines is 1. The number of methoxy groups -OCH3 is 1. The van der Waals surface area contributed by atoms with Crippen molar-refractivity contribution in [1.29, 1.82) is 0 Å². The average molecular weight is 372 g/mol. The van der Waals surface area contributed by atoms with Crippen molar-refractivity contribution in [3.63, 3.8) is 0 Å². The normalized spacial score (nSPS) is 24.7. The molecule has 3 rings (SSSR count). The molecule has 1 aromatic rings. The average Bonchev–Trinajstić information content (AvgIpc) is 3.11. The minimum absolute atomic E-state index is 0.0984. The molecule has 1 saturated heterocycles. The minimum Gasteiger partial charge on any atom is -0.481 e. The summed E-state index contributed by atoms with van der Waals surface area (Å²) in [6.45, 7) is 0.640. The van der Waals surface area contributed by atoms with Crippen molar-refractivity contribution < 1.29 is 19.4 Å². The Kier molecular flexibility index (Phi) is 3.98. The fourth-order valence-electron chi connectivity index (χ4n) is 2.95. The first-order valence-corrected chi connectivity index (χ1v) is 8.03. The molecule has 0 radical (unpaired) electrons. The predicted octanol–water partition coefficient (Wildman–Crippen LogP) is 1.61. The summed E-state index contributed by atoms with van der Waals surface area (Å²) >= 11 is 3.45. The van der Waals surface area contributed by atoms with Crippen LogP contribution in [0.2, 0.25) is 0 Å². The Bertz CT molecular complexity index is 613. The summed E-state index contributed by atoms with van der Waals surface area (Å²) in [6.07, 6.45) is 2.60. The Morgan fingerprint density at radius 2 is 2.27 bits per heavy atom. The van der Waals surface area contributed by atoms with Gasteiger partial charge in [-0.25, -0.2) is 0 Å². The van der Waals surface area contributed by atoms with Crippen molar-refractivity contribution in [2.24, 2.45) is 5.41 Å². The van der Waals surface area contributed by atoms with E-state index < -0.39 is 11.4 Å². The Morgan fingerprint density at radius 3 is 2.86 bits per heavy atom. The van der Waals surface area contributed by atoms with E-state index in [0.717, 1.165) is 18.5 Å². The molecule has 0 aromatic carbocycles. The SMILES string of the molecule is COCC1(C(=O)O)CCN(C(=O)c2n[nH]c(C3CC3)c2Br)C1. The van der Waals surface area contributed by atoms with Gasteiger partial charge in [-0.05, 0) is 35.2 Å². The maximum atomic E-state index is 12.6. The van der Waals surface area contributed by atoms with Crippen LogP contribution in [0.4, 0.5) is 0 Å². The van der Waals surface area contributed by atoms with Gasteiger partial charge in [-0.1, -0.05) is 0 Å². The monoisotopic (exact) mass is 371 g/mol. The molecule has 22 heavy (non-hydrogen) atoms. The second-order valence-corrected chi connectivity index (χ2v) is 6.86. The first-order valence-electron chi connectivity index (χ1n) is 7.24. The zero-order valence-corrected chi connectivity index (χ0v) is 13.9. The van der Waals surface area contributed by atoms with Crippen LogP contribution < -0.4 is 0 Å². The minimum atomic E-state index is -1.02. The standard InChI is InChI=1S/C14H18BrN3O4/c1-22-7-14(13(20)21)4-5-18(6-14)12(19)11-9(15)10(16-17-11)8-2-3-8/h8H,2-7H2,1H3,(H,16,17)(H,20,21). The molecule has 0 spiro atoms. The van der Waals surface area contributed by atoms with Gasteiger partial charge in [-0.2, -0.15) is 5.10 Å². The van der Waals surface area contributed by atoms with E-state index in [9.17, 15) is 14.7 Å². The molecule has 1 saturated carbocycles. The Morgan fingerprint density at radius 1 is 1.55 bits per heavy atom. The largest absolute Gasteiger partial charge is 0.481 e. The number of hydrogen-bond acceptors (Lipinski definition) is 4. The van der Waals surface area contributed by atoms with Gasteiger partial charge in [0.1, 0.15) is 5.41 Å². The molecule has 1 aliphatic heterocycles.